The second-order valence-electron chi connectivity index (χ2n) is 5.39. The highest BCUT2D eigenvalue weighted by molar-refractivity contribution is 7.09. The number of ether oxygens (including phenoxy) is 1. The Kier molecular flexibility index (Phi) is 7.49. The number of carboxylic acid groups (broad SMARTS) is 1. The van der Waals surface area contributed by atoms with Crippen LogP contribution in [0.2, 0.25) is 5.02 Å². The fraction of sp³-hybridized carbons (Fsp3) is 0.412. The molecule has 2 N–H and O–H groups in total. The largest absolute Gasteiger partial charge is 0.486 e. The number of halogens is 1. The number of rotatable bonds is 10. The molecule has 2 rings (SSSR count). The van der Waals surface area contributed by atoms with Crippen LogP contribution in [0.1, 0.15) is 36.9 Å². The summed E-state index contributed by atoms with van der Waals surface area (Å²) in [6.07, 6.45) is 2.50. The lowest BCUT2D eigenvalue weighted by Crippen LogP contribution is -2.36. The van der Waals surface area contributed by atoms with E-state index in [1.54, 1.807) is 12.1 Å². The third-order valence-corrected chi connectivity index (χ3v) is 4.57. The number of unbranched alkanes of at least 4 members (excludes halogenated alkanes) is 1. The molecule has 0 radical (unpaired) electrons. The highest BCUT2D eigenvalue weighted by Gasteiger charge is 2.16. The fourth-order valence-electron chi connectivity index (χ4n) is 2.12. The zero-order valence-electron chi connectivity index (χ0n) is 13.5. The second kappa shape index (κ2) is 9.61. The molecule has 1 aromatic carbocycles. The molecule has 0 saturated heterocycles. The van der Waals surface area contributed by atoms with Crippen LogP contribution < -0.4 is 10.1 Å². The van der Waals surface area contributed by atoms with Crippen LogP contribution >= 0.6 is 22.9 Å². The molecular weight excluding hydrogens is 348 g/mol. The summed E-state index contributed by atoms with van der Waals surface area (Å²) in [5.41, 5.74) is 0.831. The maximum Gasteiger partial charge on any atom is 0.320 e. The molecule has 1 atom stereocenters. The van der Waals surface area contributed by atoms with Crippen molar-refractivity contribution in [2.24, 2.45) is 0 Å². The van der Waals surface area contributed by atoms with Gasteiger partial charge in [0.05, 0.1) is 5.69 Å². The van der Waals surface area contributed by atoms with Gasteiger partial charge in [0.15, 0.2) is 0 Å². The number of carboxylic acids is 1. The molecule has 2 aromatic rings. The second-order valence-corrected chi connectivity index (χ2v) is 6.77. The molecule has 5 nitrogen and oxygen atoms in total. The lowest BCUT2D eigenvalue weighted by molar-refractivity contribution is -0.139. The molecule has 0 unspecified atom stereocenters. The number of hydrogen-bond donors (Lipinski definition) is 2. The van der Waals surface area contributed by atoms with E-state index in [-0.39, 0.29) is 0 Å². The summed E-state index contributed by atoms with van der Waals surface area (Å²) in [7, 11) is 0. The Balaban J connectivity index is 1.81. The normalized spacial score (nSPS) is 12.1. The Morgan fingerprint density at radius 1 is 1.42 bits per heavy atom. The Bertz CT molecular complexity index is 646. The average Bonchev–Trinajstić information content (AvgIpc) is 3.02. The molecule has 0 amide bonds. The third kappa shape index (κ3) is 6.11. The third-order valence-electron chi connectivity index (χ3n) is 3.45. The van der Waals surface area contributed by atoms with E-state index in [2.05, 4.69) is 10.3 Å². The van der Waals surface area contributed by atoms with Gasteiger partial charge in [0.2, 0.25) is 0 Å². The van der Waals surface area contributed by atoms with E-state index in [0.29, 0.717) is 24.6 Å². The molecular formula is C17H21ClN2O3S. The van der Waals surface area contributed by atoms with Gasteiger partial charge >= 0.3 is 5.97 Å². The van der Waals surface area contributed by atoms with Crippen molar-refractivity contribution >= 4 is 28.9 Å². The molecule has 0 aliphatic carbocycles. The summed E-state index contributed by atoms with van der Waals surface area (Å²) in [4.78, 5) is 15.7. The van der Waals surface area contributed by atoms with Crippen LogP contribution in [0.25, 0.3) is 0 Å². The number of hydrogen-bond acceptors (Lipinski definition) is 5. The van der Waals surface area contributed by atoms with Crippen LogP contribution in [0.3, 0.4) is 0 Å². The van der Waals surface area contributed by atoms with Crippen LogP contribution in [-0.4, -0.2) is 22.1 Å². The summed E-state index contributed by atoms with van der Waals surface area (Å²) in [5.74, 6) is -0.0789. The zero-order chi connectivity index (χ0) is 17.4. The zero-order valence-corrected chi connectivity index (χ0v) is 15.1. The van der Waals surface area contributed by atoms with Crippen molar-refractivity contribution in [3.8, 4) is 5.75 Å². The Morgan fingerprint density at radius 3 is 2.83 bits per heavy atom. The number of nitrogens with zero attached hydrogens (tertiary/aromatic N) is 1. The highest BCUT2D eigenvalue weighted by atomic mass is 35.5. The molecule has 0 spiro atoms. The van der Waals surface area contributed by atoms with Crippen LogP contribution in [0.15, 0.2) is 29.6 Å². The Morgan fingerprint density at radius 2 is 2.17 bits per heavy atom. The van der Waals surface area contributed by atoms with Crippen molar-refractivity contribution in [3.05, 3.63) is 45.4 Å². The van der Waals surface area contributed by atoms with E-state index >= 15 is 0 Å². The first kappa shape index (κ1) is 18.7. The van der Waals surface area contributed by atoms with Crippen LogP contribution in [0.5, 0.6) is 5.75 Å². The Hall–Kier alpha value is -1.63. The maximum absolute atomic E-state index is 11.2. The van der Waals surface area contributed by atoms with Gasteiger partial charge in [-0.3, -0.25) is 10.1 Å². The minimum absolute atomic E-state index is 0.379. The van der Waals surface area contributed by atoms with Gasteiger partial charge in [-0.05, 0) is 30.7 Å². The van der Waals surface area contributed by atoms with Crippen molar-refractivity contribution in [1.29, 1.82) is 0 Å². The maximum atomic E-state index is 11.2. The molecule has 7 heteroatoms. The van der Waals surface area contributed by atoms with Crippen molar-refractivity contribution in [2.45, 2.75) is 45.4 Å². The topological polar surface area (TPSA) is 71.5 Å². The van der Waals surface area contributed by atoms with Crippen LogP contribution in [-0.2, 0) is 17.9 Å². The first-order valence-corrected chi connectivity index (χ1v) is 9.12. The van der Waals surface area contributed by atoms with Gasteiger partial charge in [0.1, 0.15) is 23.4 Å². The van der Waals surface area contributed by atoms with E-state index < -0.39 is 12.0 Å². The average molecular weight is 369 g/mol. The number of aliphatic carboxylic acids is 1. The van der Waals surface area contributed by atoms with Crippen LogP contribution in [0, 0.1) is 0 Å². The standard InChI is InChI=1S/C17H21ClN2O3S/c1-2-3-4-15(17(21)22)19-9-13-11-24-16(20-13)10-23-14-7-5-12(18)6-8-14/h5-8,11,15,19H,2-4,9-10H2,1H3,(H,21,22)/t15-/m0/s1. The molecule has 0 bridgehead atoms. The van der Waals surface area contributed by atoms with Gasteiger partial charge < -0.3 is 9.84 Å². The lowest BCUT2D eigenvalue weighted by Gasteiger charge is -2.12. The smallest absolute Gasteiger partial charge is 0.320 e. The van der Waals surface area contributed by atoms with Gasteiger partial charge in [-0.15, -0.1) is 11.3 Å². The van der Waals surface area contributed by atoms with Crippen molar-refractivity contribution < 1.29 is 14.6 Å². The van der Waals surface area contributed by atoms with E-state index in [9.17, 15) is 9.90 Å². The van der Waals surface area contributed by atoms with E-state index in [4.69, 9.17) is 16.3 Å². The predicted molar refractivity (Wildman–Crippen MR) is 95.7 cm³/mol. The van der Waals surface area contributed by atoms with Crippen molar-refractivity contribution in [2.75, 3.05) is 0 Å². The predicted octanol–water partition coefficient (Wildman–Crippen LogP) is 4.11. The minimum atomic E-state index is -0.815. The summed E-state index contributed by atoms with van der Waals surface area (Å²) in [6.45, 7) is 2.87. The molecule has 0 aliphatic heterocycles. The van der Waals surface area contributed by atoms with Crippen LogP contribution in [0.4, 0.5) is 0 Å². The molecule has 24 heavy (non-hydrogen) atoms. The van der Waals surface area contributed by atoms with Gasteiger partial charge in [-0.25, -0.2) is 4.98 Å². The summed E-state index contributed by atoms with van der Waals surface area (Å²) < 4.78 is 5.65. The quantitative estimate of drug-likeness (QED) is 0.660. The van der Waals surface area contributed by atoms with Crippen molar-refractivity contribution in [3.63, 3.8) is 0 Å². The van der Waals surface area contributed by atoms with Gasteiger partial charge in [-0.1, -0.05) is 31.4 Å². The highest BCUT2D eigenvalue weighted by Crippen LogP contribution is 2.18. The van der Waals surface area contributed by atoms with Crippen molar-refractivity contribution in [1.82, 2.24) is 10.3 Å². The number of thiazole rings is 1. The summed E-state index contributed by atoms with van der Waals surface area (Å²) in [6, 6.07) is 6.64. The molecule has 130 valence electrons. The summed E-state index contributed by atoms with van der Waals surface area (Å²) in [5, 5.41) is 15.7. The first-order chi connectivity index (χ1) is 11.6. The molecule has 1 aromatic heterocycles. The first-order valence-electron chi connectivity index (χ1n) is 7.86. The van der Waals surface area contributed by atoms with E-state index in [1.807, 2.05) is 24.4 Å². The monoisotopic (exact) mass is 368 g/mol. The number of aromatic nitrogens is 1. The van der Waals surface area contributed by atoms with Gasteiger partial charge in [-0.2, -0.15) is 0 Å². The lowest BCUT2D eigenvalue weighted by atomic mass is 10.1. The molecule has 0 saturated carbocycles. The molecule has 1 heterocycles. The minimum Gasteiger partial charge on any atom is -0.486 e. The number of carbonyl (C=O) groups is 1. The van der Waals surface area contributed by atoms with E-state index in [1.165, 1.54) is 11.3 Å². The molecule has 0 fully saturated rings. The van der Waals surface area contributed by atoms with Gasteiger partial charge in [0.25, 0.3) is 0 Å². The fourth-order valence-corrected chi connectivity index (χ4v) is 2.95. The summed E-state index contributed by atoms with van der Waals surface area (Å²) >= 11 is 7.33. The van der Waals surface area contributed by atoms with E-state index in [0.717, 1.165) is 29.3 Å². The Labute approximate surface area is 150 Å². The molecule has 0 aliphatic rings. The number of benzene rings is 1. The van der Waals surface area contributed by atoms with Gasteiger partial charge in [0, 0.05) is 16.9 Å². The SMILES string of the molecule is CCCC[C@H](NCc1csc(COc2ccc(Cl)cc2)n1)C(=O)O. The number of nitrogens with one attached hydrogen (secondary N) is 1.